The molecule has 26 heavy (non-hydrogen) atoms. The van der Waals surface area contributed by atoms with Crippen LogP contribution in [0.3, 0.4) is 0 Å². The van der Waals surface area contributed by atoms with Crippen molar-refractivity contribution in [1.29, 1.82) is 0 Å². The molecule has 140 valence electrons. The van der Waals surface area contributed by atoms with Gasteiger partial charge in [0, 0.05) is 17.9 Å². The highest BCUT2D eigenvalue weighted by Gasteiger charge is 2.21. The third-order valence-corrected chi connectivity index (χ3v) is 6.56. The number of aryl methyl sites for hydroxylation is 1. The van der Waals surface area contributed by atoms with E-state index in [1.54, 1.807) is 0 Å². The molecule has 0 heterocycles. The van der Waals surface area contributed by atoms with Crippen molar-refractivity contribution < 1.29 is 4.21 Å². The Balaban J connectivity index is 1.47. The number of hydrogen-bond donors (Lipinski definition) is 2. The molecule has 0 aliphatic heterocycles. The fourth-order valence-electron chi connectivity index (χ4n) is 3.37. The van der Waals surface area contributed by atoms with Gasteiger partial charge >= 0.3 is 0 Å². The van der Waals surface area contributed by atoms with Crippen molar-refractivity contribution in [2.45, 2.75) is 63.7 Å². The summed E-state index contributed by atoms with van der Waals surface area (Å²) in [6.07, 6.45) is 8.23. The third-order valence-electron chi connectivity index (χ3n) is 5.05. The van der Waals surface area contributed by atoms with Crippen molar-refractivity contribution in [3.8, 4) is 0 Å². The van der Waals surface area contributed by atoms with Gasteiger partial charge in [0.05, 0.1) is 5.25 Å². The van der Waals surface area contributed by atoms with E-state index in [1.165, 1.54) is 36.8 Å². The Morgan fingerprint density at radius 2 is 1.54 bits per heavy atom. The first-order valence-electron chi connectivity index (χ1n) is 9.83. The summed E-state index contributed by atoms with van der Waals surface area (Å²) in [6, 6.07) is 17.0. The van der Waals surface area contributed by atoms with Gasteiger partial charge in [-0.05, 0) is 61.1 Å². The molecule has 1 atom stereocenters. The van der Waals surface area contributed by atoms with Crippen LogP contribution in [0.1, 0.15) is 56.6 Å². The molecule has 1 aliphatic carbocycles. The van der Waals surface area contributed by atoms with Crippen LogP contribution in [-0.2, 0) is 24.0 Å². The lowest BCUT2D eigenvalue weighted by Gasteiger charge is -2.12. The predicted octanol–water partition coefficient (Wildman–Crippen LogP) is 5.66. The number of nitrogens with one attached hydrogen (secondary N) is 2. The summed E-state index contributed by atoms with van der Waals surface area (Å²) >= 11 is 0. The van der Waals surface area contributed by atoms with Crippen LogP contribution in [0, 0.1) is 0 Å². The van der Waals surface area contributed by atoms with Gasteiger partial charge in [-0.15, -0.1) is 0 Å². The molecule has 2 aromatic rings. The second-order valence-corrected chi connectivity index (χ2v) is 8.62. The molecular formula is C22H30N2OS. The molecule has 0 radical (unpaired) electrons. The van der Waals surface area contributed by atoms with Gasteiger partial charge in [0.2, 0.25) is 0 Å². The van der Waals surface area contributed by atoms with Gasteiger partial charge in [0.25, 0.3) is 0 Å². The minimum atomic E-state index is -0.957. The van der Waals surface area contributed by atoms with Crippen molar-refractivity contribution in [2.75, 3.05) is 10.0 Å². The Labute approximate surface area is 160 Å². The first-order valence-corrected chi connectivity index (χ1v) is 11.0. The second-order valence-electron chi connectivity index (χ2n) is 7.16. The van der Waals surface area contributed by atoms with Crippen molar-refractivity contribution in [1.82, 2.24) is 0 Å². The quantitative estimate of drug-likeness (QED) is 0.598. The van der Waals surface area contributed by atoms with E-state index in [0.717, 1.165) is 37.2 Å². The van der Waals surface area contributed by atoms with Gasteiger partial charge in [-0.25, -0.2) is 4.21 Å². The van der Waals surface area contributed by atoms with Crippen LogP contribution in [0.2, 0.25) is 0 Å². The minimum absolute atomic E-state index is 0.316. The van der Waals surface area contributed by atoms with Crippen molar-refractivity contribution in [2.24, 2.45) is 0 Å². The Kier molecular flexibility index (Phi) is 7.13. The zero-order valence-electron chi connectivity index (χ0n) is 15.7. The topological polar surface area (TPSA) is 41.1 Å². The molecule has 4 heteroatoms. The Hall–Kier alpha value is -1.81. The molecule has 0 bridgehead atoms. The SMILES string of the molecule is CCCCc1ccc(NCc2ccc(NS(=O)C3CCCC3)cc2)cc1. The van der Waals surface area contributed by atoms with E-state index >= 15 is 0 Å². The predicted molar refractivity (Wildman–Crippen MR) is 113 cm³/mol. The molecule has 1 saturated carbocycles. The summed E-state index contributed by atoms with van der Waals surface area (Å²) in [5.74, 6) is 0. The lowest BCUT2D eigenvalue weighted by Crippen LogP contribution is -2.17. The van der Waals surface area contributed by atoms with Crippen LogP contribution in [0.25, 0.3) is 0 Å². The molecule has 1 fully saturated rings. The molecule has 0 aromatic heterocycles. The van der Waals surface area contributed by atoms with E-state index in [1.807, 2.05) is 12.1 Å². The van der Waals surface area contributed by atoms with Crippen LogP contribution < -0.4 is 10.0 Å². The number of anilines is 2. The summed E-state index contributed by atoms with van der Waals surface area (Å²) in [5, 5.41) is 3.79. The fraction of sp³-hybridized carbons (Fsp3) is 0.455. The van der Waals surface area contributed by atoms with Crippen LogP contribution in [0.4, 0.5) is 11.4 Å². The van der Waals surface area contributed by atoms with Gasteiger partial charge in [0.1, 0.15) is 11.0 Å². The van der Waals surface area contributed by atoms with Crippen LogP contribution in [0.5, 0.6) is 0 Å². The Morgan fingerprint density at radius 1 is 0.923 bits per heavy atom. The monoisotopic (exact) mass is 370 g/mol. The van der Waals surface area contributed by atoms with E-state index in [-0.39, 0.29) is 0 Å². The lowest BCUT2D eigenvalue weighted by atomic mass is 10.1. The number of unbranched alkanes of at least 4 members (excludes halogenated alkanes) is 1. The first kappa shape index (κ1) is 19.0. The molecule has 3 rings (SSSR count). The van der Waals surface area contributed by atoms with Crippen LogP contribution in [0.15, 0.2) is 48.5 Å². The maximum Gasteiger partial charge on any atom is 0.120 e. The first-order chi connectivity index (χ1) is 12.7. The van der Waals surface area contributed by atoms with E-state index in [9.17, 15) is 4.21 Å². The summed E-state index contributed by atoms with van der Waals surface area (Å²) in [7, 11) is -0.957. The zero-order chi connectivity index (χ0) is 18.2. The van der Waals surface area contributed by atoms with E-state index in [2.05, 4.69) is 53.4 Å². The molecule has 0 spiro atoms. The largest absolute Gasteiger partial charge is 0.381 e. The highest BCUT2D eigenvalue weighted by atomic mass is 32.2. The molecule has 0 amide bonds. The molecule has 2 N–H and O–H groups in total. The van der Waals surface area contributed by atoms with Gasteiger partial charge in [0.15, 0.2) is 0 Å². The van der Waals surface area contributed by atoms with Crippen molar-refractivity contribution in [3.63, 3.8) is 0 Å². The molecule has 1 aliphatic rings. The van der Waals surface area contributed by atoms with E-state index in [0.29, 0.717) is 5.25 Å². The summed E-state index contributed by atoms with van der Waals surface area (Å²) in [5.41, 5.74) is 4.72. The third kappa shape index (κ3) is 5.60. The van der Waals surface area contributed by atoms with Gasteiger partial charge < -0.3 is 10.0 Å². The fourth-order valence-corrected chi connectivity index (χ4v) is 4.66. The normalized spacial score (nSPS) is 15.7. The second kappa shape index (κ2) is 9.77. The Morgan fingerprint density at radius 3 is 2.19 bits per heavy atom. The summed E-state index contributed by atoms with van der Waals surface area (Å²) < 4.78 is 15.5. The maximum absolute atomic E-state index is 12.3. The minimum Gasteiger partial charge on any atom is -0.381 e. The van der Waals surface area contributed by atoms with Crippen LogP contribution in [-0.4, -0.2) is 9.46 Å². The smallest absolute Gasteiger partial charge is 0.120 e. The van der Waals surface area contributed by atoms with E-state index in [4.69, 9.17) is 0 Å². The molecule has 1 unspecified atom stereocenters. The summed E-state index contributed by atoms with van der Waals surface area (Å²) in [6.45, 7) is 3.02. The average molecular weight is 371 g/mol. The highest BCUT2D eigenvalue weighted by molar-refractivity contribution is 7.87. The van der Waals surface area contributed by atoms with Crippen molar-refractivity contribution in [3.05, 3.63) is 59.7 Å². The molecule has 0 saturated heterocycles. The standard InChI is InChI=1S/C22H30N2OS/c1-2-3-6-18-9-13-20(14-10-18)23-17-19-11-15-21(16-12-19)24-26(25)22-7-4-5-8-22/h9-16,22-24H,2-8,17H2,1H3. The molecular weight excluding hydrogens is 340 g/mol. The van der Waals surface area contributed by atoms with Crippen LogP contribution >= 0.6 is 0 Å². The van der Waals surface area contributed by atoms with Gasteiger partial charge in [-0.3, -0.25) is 0 Å². The number of hydrogen-bond acceptors (Lipinski definition) is 2. The highest BCUT2D eigenvalue weighted by Crippen LogP contribution is 2.24. The summed E-state index contributed by atoms with van der Waals surface area (Å²) in [4.78, 5) is 0. The van der Waals surface area contributed by atoms with E-state index < -0.39 is 11.0 Å². The number of rotatable bonds is 9. The molecule has 3 nitrogen and oxygen atoms in total. The average Bonchev–Trinajstić information content (AvgIpc) is 3.22. The van der Waals surface area contributed by atoms with Crippen molar-refractivity contribution >= 4 is 22.4 Å². The molecule has 2 aromatic carbocycles. The van der Waals surface area contributed by atoms with Gasteiger partial charge in [-0.1, -0.05) is 50.5 Å². The lowest BCUT2D eigenvalue weighted by molar-refractivity contribution is 0.673. The zero-order valence-corrected chi connectivity index (χ0v) is 16.5. The maximum atomic E-state index is 12.3. The Bertz CT molecular complexity index is 691. The van der Waals surface area contributed by atoms with Gasteiger partial charge in [-0.2, -0.15) is 0 Å². The number of benzene rings is 2.